The molecule has 6 nitrogen and oxygen atoms in total. The molecule has 0 aromatic carbocycles. The first kappa shape index (κ1) is 17.7. The number of thiophene rings is 2. The number of carbonyl (C=O) groups is 1. The van der Waals surface area contributed by atoms with Crippen LogP contribution in [0.1, 0.15) is 40.7 Å². The van der Waals surface area contributed by atoms with Crippen molar-refractivity contribution in [1.82, 2.24) is 9.97 Å². The van der Waals surface area contributed by atoms with Gasteiger partial charge in [-0.2, -0.15) is 0 Å². The summed E-state index contributed by atoms with van der Waals surface area (Å²) in [6.07, 6.45) is -0.698. The van der Waals surface area contributed by atoms with E-state index in [1.807, 2.05) is 22.9 Å². The molecule has 0 spiro atoms. The fourth-order valence-electron chi connectivity index (χ4n) is 2.88. The van der Waals surface area contributed by atoms with Gasteiger partial charge in [-0.15, -0.1) is 22.7 Å². The minimum atomic E-state index is -0.698. The monoisotopic (exact) mass is 400 g/mol. The van der Waals surface area contributed by atoms with E-state index in [2.05, 4.69) is 9.97 Å². The Bertz CT molecular complexity index is 1180. The molecule has 4 aromatic heterocycles. The van der Waals surface area contributed by atoms with Crippen molar-refractivity contribution < 1.29 is 13.9 Å². The Morgan fingerprint density at radius 2 is 2.15 bits per heavy atom. The van der Waals surface area contributed by atoms with Crippen LogP contribution in [0, 0.1) is 13.8 Å². The molecule has 27 heavy (non-hydrogen) atoms. The van der Waals surface area contributed by atoms with Gasteiger partial charge in [-0.3, -0.25) is 4.79 Å². The van der Waals surface area contributed by atoms with Gasteiger partial charge in [0.1, 0.15) is 21.9 Å². The molecule has 0 aliphatic heterocycles. The predicted octanol–water partition coefficient (Wildman–Crippen LogP) is 4.84. The quantitative estimate of drug-likeness (QED) is 0.495. The van der Waals surface area contributed by atoms with E-state index in [-0.39, 0.29) is 5.56 Å². The number of nitrogens with one attached hydrogen (secondary N) is 1. The first-order chi connectivity index (χ1) is 12.9. The van der Waals surface area contributed by atoms with Crippen LogP contribution in [0.25, 0.3) is 20.7 Å². The minimum Gasteiger partial charge on any atom is -0.466 e. The van der Waals surface area contributed by atoms with Crippen molar-refractivity contribution in [2.45, 2.75) is 26.9 Å². The number of fused-ring (bicyclic) bond motifs is 1. The van der Waals surface area contributed by atoms with Crippen molar-refractivity contribution in [3.63, 3.8) is 0 Å². The topological polar surface area (TPSA) is 85.2 Å². The van der Waals surface area contributed by atoms with Crippen LogP contribution >= 0.6 is 22.7 Å². The molecule has 0 unspecified atom stereocenters. The van der Waals surface area contributed by atoms with Gasteiger partial charge in [0.25, 0.3) is 5.56 Å². The highest BCUT2D eigenvalue weighted by molar-refractivity contribution is 7.18. The van der Waals surface area contributed by atoms with Gasteiger partial charge in [-0.25, -0.2) is 9.78 Å². The first-order valence-corrected chi connectivity index (χ1v) is 10.0. The van der Waals surface area contributed by atoms with E-state index in [4.69, 9.17) is 9.15 Å². The number of furan rings is 1. The Kier molecular flexibility index (Phi) is 4.45. The van der Waals surface area contributed by atoms with Gasteiger partial charge in [0.2, 0.25) is 0 Å². The standard InChI is InChI=1S/C19H16N2O4S2/c1-9-7-12(10(2)24-9)19(23)25-11(3)16-20-17(22)15-13(8-27-18(15)21-16)14-5-4-6-26-14/h4-8,11H,1-3H3,(H,20,21,22)/t11-/m1/s1. The number of nitrogens with zero attached hydrogens (tertiary/aromatic N) is 1. The lowest BCUT2D eigenvalue weighted by Crippen LogP contribution is -2.17. The van der Waals surface area contributed by atoms with Crippen LogP contribution in [-0.2, 0) is 4.74 Å². The summed E-state index contributed by atoms with van der Waals surface area (Å²) in [6.45, 7) is 5.15. The zero-order valence-electron chi connectivity index (χ0n) is 14.9. The maximum Gasteiger partial charge on any atom is 0.342 e. The molecule has 0 saturated carbocycles. The number of aryl methyl sites for hydroxylation is 2. The number of ether oxygens (including phenoxy) is 1. The second-order valence-corrected chi connectivity index (χ2v) is 7.94. The minimum absolute atomic E-state index is 0.238. The van der Waals surface area contributed by atoms with Crippen molar-refractivity contribution >= 4 is 38.9 Å². The zero-order valence-corrected chi connectivity index (χ0v) is 16.5. The highest BCUT2D eigenvalue weighted by Gasteiger charge is 2.21. The van der Waals surface area contributed by atoms with Crippen LogP contribution < -0.4 is 5.56 Å². The van der Waals surface area contributed by atoms with Crippen molar-refractivity contribution in [2.75, 3.05) is 0 Å². The van der Waals surface area contributed by atoms with E-state index in [9.17, 15) is 9.59 Å². The number of H-pyrrole nitrogens is 1. The molecule has 4 heterocycles. The summed E-state index contributed by atoms with van der Waals surface area (Å²) >= 11 is 2.97. The maximum absolute atomic E-state index is 12.7. The Balaban J connectivity index is 1.65. The summed E-state index contributed by atoms with van der Waals surface area (Å²) in [7, 11) is 0. The number of hydrogen-bond donors (Lipinski definition) is 1. The van der Waals surface area contributed by atoms with E-state index in [1.54, 1.807) is 38.2 Å². The maximum atomic E-state index is 12.7. The second-order valence-electron chi connectivity index (χ2n) is 6.13. The third kappa shape index (κ3) is 3.22. The molecule has 0 aliphatic rings. The van der Waals surface area contributed by atoms with Gasteiger partial charge in [-0.05, 0) is 38.3 Å². The number of esters is 1. The number of aromatic amines is 1. The van der Waals surface area contributed by atoms with Gasteiger partial charge < -0.3 is 14.1 Å². The predicted molar refractivity (Wildman–Crippen MR) is 106 cm³/mol. The van der Waals surface area contributed by atoms with E-state index in [0.29, 0.717) is 33.1 Å². The summed E-state index contributed by atoms with van der Waals surface area (Å²) in [4.78, 5) is 33.9. The molecule has 0 saturated heterocycles. The van der Waals surface area contributed by atoms with Gasteiger partial charge in [0.05, 0.1) is 5.39 Å². The molecular formula is C19H16N2O4S2. The summed E-state index contributed by atoms with van der Waals surface area (Å²) in [6, 6.07) is 5.55. The van der Waals surface area contributed by atoms with E-state index in [1.165, 1.54) is 11.3 Å². The van der Waals surface area contributed by atoms with Crippen molar-refractivity contribution in [1.29, 1.82) is 0 Å². The Morgan fingerprint density at radius 1 is 1.33 bits per heavy atom. The SMILES string of the molecule is Cc1cc(C(=O)O[C@H](C)c2nc3scc(-c4cccs4)c3c(=O)[nH]2)c(C)o1. The molecule has 0 amide bonds. The lowest BCUT2D eigenvalue weighted by Gasteiger charge is -2.12. The fraction of sp³-hybridized carbons (Fsp3) is 0.211. The largest absolute Gasteiger partial charge is 0.466 e. The second kappa shape index (κ2) is 6.79. The average Bonchev–Trinajstić information content (AvgIpc) is 3.33. The van der Waals surface area contributed by atoms with Crippen LogP contribution in [0.4, 0.5) is 0 Å². The zero-order chi connectivity index (χ0) is 19.1. The molecule has 4 rings (SSSR count). The molecule has 4 aromatic rings. The van der Waals surface area contributed by atoms with Crippen molar-refractivity contribution in [3.05, 3.63) is 62.2 Å². The fourth-order valence-corrected chi connectivity index (χ4v) is 4.65. The Morgan fingerprint density at radius 3 is 2.81 bits per heavy atom. The molecule has 0 aliphatic carbocycles. The molecular weight excluding hydrogens is 384 g/mol. The van der Waals surface area contributed by atoms with Crippen LogP contribution in [0.5, 0.6) is 0 Å². The lowest BCUT2D eigenvalue weighted by molar-refractivity contribution is 0.0318. The van der Waals surface area contributed by atoms with Crippen LogP contribution in [0.3, 0.4) is 0 Å². The number of rotatable bonds is 4. The lowest BCUT2D eigenvalue weighted by atomic mass is 10.2. The molecule has 8 heteroatoms. The van der Waals surface area contributed by atoms with Crippen molar-refractivity contribution in [3.8, 4) is 10.4 Å². The highest BCUT2D eigenvalue weighted by atomic mass is 32.1. The molecule has 0 bridgehead atoms. The van der Waals surface area contributed by atoms with E-state index in [0.717, 1.165) is 10.4 Å². The molecule has 138 valence electrons. The van der Waals surface area contributed by atoms with Gasteiger partial charge in [0, 0.05) is 15.8 Å². The molecule has 1 N–H and O–H groups in total. The summed E-state index contributed by atoms with van der Waals surface area (Å²) in [5.41, 5.74) is 1.01. The summed E-state index contributed by atoms with van der Waals surface area (Å²) < 4.78 is 10.8. The average molecular weight is 400 g/mol. The number of aromatic nitrogens is 2. The third-order valence-corrected chi connectivity index (χ3v) is 5.95. The van der Waals surface area contributed by atoms with Crippen molar-refractivity contribution in [2.24, 2.45) is 0 Å². The number of carbonyl (C=O) groups excluding carboxylic acids is 1. The smallest absolute Gasteiger partial charge is 0.342 e. The van der Waals surface area contributed by atoms with Gasteiger partial charge >= 0.3 is 5.97 Å². The Labute approximate surface area is 162 Å². The van der Waals surface area contributed by atoms with E-state index >= 15 is 0 Å². The molecule has 0 radical (unpaired) electrons. The van der Waals surface area contributed by atoms with E-state index < -0.39 is 12.1 Å². The third-order valence-electron chi connectivity index (χ3n) is 4.18. The van der Waals surface area contributed by atoms with Crippen LogP contribution in [-0.4, -0.2) is 15.9 Å². The van der Waals surface area contributed by atoms with Gasteiger partial charge in [-0.1, -0.05) is 6.07 Å². The molecule has 0 fully saturated rings. The van der Waals surface area contributed by atoms with Crippen LogP contribution in [0.2, 0.25) is 0 Å². The van der Waals surface area contributed by atoms with Gasteiger partial charge in [0.15, 0.2) is 11.9 Å². The molecule has 1 atom stereocenters. The summed E-state index contributed by atoms with van der Waals surface area (Å²) in [5.74, 6) is 0.948. The summed E-state index contributed by atoms with van der Waals surface area (Å²) in [5, 5.41) is 4.46. The first-order valence-electron chi connectivity index (χ1n) is 8.27. The number of hydrogen-bond acceptors (Lipinski definition) is 7. The normalized spacial score (nSPS) is 12.4. The van der Waals surface area contributed by atoms with Crippen LogP contribution in [0.15, 0.2) is 38.2 Å². The highest BCUT2D eigenvalue weighted by Crippen LogP contribution is 2.34. The Hall–Kier alpha value is -2.71.